The minimum atomic E-state index is -0.287. The summed E-state index contributed by atoms with van der Waals surface area (Å²) in [6.45, 7) is 0.728. The first-order valence-corrected chi connectivity index (χ1v) is 9.27. The number of nitrogens with zero attached hydrogens (tertiary/aromatic N) is 2. The molecule has 1 amide bonds. The molecule has 1 aliphatic heterocycles. The third-order valence-electron chi connectivity index (χ3n) is 5.64. The number of hydrogen-bond acceptors (Lipinski definition) is 2. The molecule has 5 heteroatoms. The molecule has 0 radical (unpaired) electrons. The van der Waals surface area contributed by atoms with Crippen LogP contribution in [0.1, 0.15) is 52.6 Å². The van der Waals surface area contributed by atoms with Crippen molar-refractivity contribution in [2.45, 2.75) is 38.1 Å². The Balaban J connectivity index is 1.46. The molecule has 3 aromatic rings. The van der Waals surface area contributed by atoms with E-state index in [1.807, 2.05) is 11.0 Å². The minimum Gasteiger partial charge on any atom is -0.340 e. The molecule has 26 heavy (non-hydrogen) atoms. The van der Waals surface area contributed by atoms with Gasteiger partial charge in [-0.15, -0.1) is 0 Å². The highest BCUT2D eigenvalue weighted by Gasteiger charge is 2.33. The van der Waals surface area contributed by atoms with Gasteiger partial charge >= 0.3 is 0 Å². The van der Waals surface area contributed by atoms with Crippen LogP contribution < -0.4 is 0 Å². The van der Waals surface area contributed by atoms with Crippen LogP contribution in [-0.2, 0) is 12.8 Å². The molecule has 1 fully saturated rings. The zero-order valence-electron chi connectivity index (χ0n) is 14.5. The normalized spacial score (nSPS) is 19.3. The monoisotopic (exact) mass is 349 g/mol. The average molecular weight is 349 g/mol. The lowest BCUT2D eigenvalue weighted by Gasteiger charge is -2.23. The Morgan fingerprint density at radius 2 is 2.00 bits per heavy atom. The van der Waals surface area contributed by atoms with Gasteiger partial charge in [0, 0.05) is 12.1 Å². The maximum absolute atomic E-state index is 13.4. The van der Waals surface area contributed by atoms with Crippen LogP contribution in [0.4, 0.5) is 4.39 Å². The topological polar surface area (TPSA) is 49.0 Å². The molecule has 132 valence electrons. The molecule has 1 unspecified atom stereocenters. The number of H-pyrrole nitrogens is 1. The molecule has 1 N–H and O–H groups in total. The largest absolute Gasteiger partial charge is 0.340 e. The molecular weight excluding hydrogens is 329 g/mol. The Morgan fingerprint density at radius 1 is 1.12 bits per heavy atom. The molecule has 2 aromatic carbocycles. The molecule has 0 bridgehead atoms. The predicted molar refractivity (Wildman–Crippen MR) is 97.5 cm³/mol. The third-order valence-corrected chi connectivity index (χ3v) is 5.64. The van der Waals surface area contributed by atoms with Crippen LogP contribution in [0.3, 0.4) is 0 Å². The standard InChI is InChI=1S/C21H20FN3O/c22-16-8-9-17-18(12-16)24-20(23-17)19-5-2-10-25(19)21(26)15-7-6-13-3-1-4-14(13)11-15/h6-9,11-12,19H,1-5,10H2,(H,23,24). The SMILES string of the molecule is O=C(c1ccc2c(c1)CCC2)N1CCCC1c1nc2ccc(F)cc2[nH]1. The molecule has 4 nitrogen and oxygen atoms in total. The van der Waals surface area contributed by atoms with Gasteiger partial charge in [0.05, 0.1) is 17.1 Å². The quantitative estimate of drug-likeness (QED) is 0.755. The molecule has 5 rings (SSSR count). The van der Waals surface area contributed by atoms with Crippen LogP contribution in [0.5, 0.6) is 0 Å². The van der Waals surface area contributed by atoms with Crippen molar-refractivity contribution in [3.8, 4) is 0 Å². The Bertz CT molecular complexity index is 1010. The van der Waals surface area contributed by atoms with Crippen LogP contribution in [0.2, 0.25) is 0 Å². The van der Waals surface area contributed by atoms with E-state index in [1.54, 1.807) is 6.07 Å². The molecule has 1 aromatic heterocycles. The van der Waals surface area contributed by atoms with Crippen molar-refractivity contribution in [3.63, 3.8) is 0 Å². The van der Waals surface area contributed by atoms with Crippen LogP contribution in [-0.4, -0.2) is 27.3 Å². The number of aromatic amines is 1. The molecule has 0 saturated carbocycles. The summed E-state index contributed by atoms with van der Waals surface area (Å²) in [6, 6.07) is 10.6. The summed E-state index contributed by atoms with van der Waals surface area (Å²) < 4.78 is 13.4. The van der Waals surface area contributed by atoms with E-state index in [4.69, 9.17) is 0 Å². The lowest BCUT2D eigenvalue weighted by atomic mass is 10.1. The lowest BCUT2D eigenvalue weighted by Crippen LogP contribution is -2.31. The minimum absolute atomic E-state index is 0.0637. The number of aromatic nitrogens is 2. The van der Waals surface area contributed by atoms with Gasteiger partial charge in [0.1, 0.15) is 11.6 Å². The highest BCUT2D eigenvalue weighted by Crippen LogP contribution is 2.33. The Hall–Kier alpha value is -2.69. The summed E-state index contributed by atoms with van der Waals surface area (Å²) >= 11 is 0. The zero-order chi connectivity index (χ0) is 17.7. The number of aryl methyl sites for hydroxylation is 2. The smallest absolute Gasteiger partial charge is 0.254 e. The highest BCUT2D eigenvalue weighted by molar-refractivity contribution is 5.95. The van der Waals surface area contributed by atoms with E-state index in [-0.39, 0.29) is 17.8 Å². The second-order valence-electron chi connectivity index (χ2n) is 7.28. The van der Waals surface area contributed by atoms with Gasteiger partial charge in [-0.3, -0.25) is 4.79 Å². The van der Waals surface area contributed by atoms with E-state index in [0.29, 0.717) is 5.52 Å². The molecule has 1 aliphatic carbocycles. The molecular formula is C21H20FN3O. The van der Waals surface area contributed by atoms with E-state index in [1.165, 1.54) is 29.7 Å². The van der Waals surface area contributed by atoms with Crippen molar-refractivity contribution >= 4 is 16.9 Å². The van der Waals surface area contributed by atoms with Gasteiger partial charge in [-0.25, -0.2) is 9.37 Å². The molecule has 2 aliphatic rings. The van der Waals surface area contributed by atoms with Gasteiger partial charge in [-0.1, -0.05) is 6.07 Å². The van der Waals surface area contributed by atoms with Crippen LogP contribution in [0, 0.1) is 5.82 Å². The van der Waals surface area contributed by atoms with E-state index in [9.17, 15) is 9.18 Å². The summed E-state index contributed by atoms with van der Waals surface area (Å²) in [6.07, 6.45) is 5.18. The fraction of sp³-hybridized carbons (Fsp3) is 0.333. The first-order valence-electron chi connectivity index (χ1n) is 9.27. The third kappa shape index (κ3) is 2.50. The maximum Gasteiger partial charge on any atom is 0.254 e. The highest BCUT2D eigenvalue weighted by atomic mass is 19.1. The molecule has 1 atom stereocenters. The summed E-state index contributed by atoms with van der Waals surface area (Å²) in [5.74, 6) is 0.525. The van der Waals surface area contributed by atoms with Crippen molar-refractivity contribution in [3.05, 3.63) is 64.7 Å². The second-order valence-corrected chi connectivity index (χ2v) is 7.28. The number of rotatable bonds is 2. The second kappa shape index (κ2) is 5.94. The van der Waals surface area contributed by atoms with Crippen molar-refractivity contribution in [1.29, 1.82) is 0 Å². The number of amides is 1. The number of carbonyl (C=O) groups is 1. The first kappa shape index (κ1) is 15.6. The number of hydrogen-bond donors (Lipinski definition) is 1. The van der Waals surface area contributed by atoms with Crippen molar-refractivity contribution in [2.75, 3.05) is 6.54 Å². The van der Waals surface area contributed by atoms with Gasteiger partial charge in [-0.2, -0.15) is 0 Å². The fourth-order valence-corrected chi connectivity index (χ4v) is 4.32. The fourth-order valence-electron chi connectivity index (χ4n) is 4.32. The van der Waals surface area contributed by atoms with Gasteiger partial charge in [0.2, 0.25) is 0 Å². The van der Waals surface area contributed by atoms with Gasteiger partial charge in [-0.05, 0) is 73.6 Å². The Kier molecular flexibility index (Phi) is 3.55. The lowest BCUT2D eigenvalue weighted by molar-refractivity contribution is 0.0730. The molecule has 1 saturated heterocycles. The number of imidazole rings is 1. The van der Waals surface area contributed by atoms with Crippen LogP contribution in [0.15, 0.2) is 36.4 Å². The van der Waals surface area contributed by atoms with E-state index < -0.39 is 0 Å². The Labute approximate surface area is 151 Å². The summed E-state index contributed by atoms with van der Waals surface area (Å²) in [7, 11) is 0. The number of likely N-dealkylation sites (tertiary alicyclic amines) is 1. The molecule has 0 spiro atoms. The predicted octanol–water partition coefficient (Wildman–Crippen LogP) is 4.17. The summed E-state index contributed by atoms with van der Waals surface area (Å²) in [4.78, 5) is 22.8. The number of carbonyl (C=O) groups excluding carboxylic acids is 1. The number of nitrogens with one attached hydrogen (secondary N) is 1. The number of fused-ring (bicyclic) bond motifs is 2. The van der Waals surface area contributed by atoms with Gasteiger partial charge in [0.15, 0.2) is 0 Å². The molecule has 2 heterocycles. The van der Waals surface area contributed by atoms with E-state index in [2.05, 4.69) is 22.1 Å². The van der Waals surface area contributed by atoms with Crippen LogP contribution in [0.25, 0.3) is 11.0 Å². The zero-order valence-corrected chi connectivity index (χ0v) is 14.5. The van der Waals surface area contributed by atoms with E-state index in [0.717, 1.165) is 49.1 Å². The number of benzene rings is 2. The van der Waals surface area contributed by atoms with Crippen molar-refractivity contribution < 1.29 is 9.18 Å². The summed E-state index contributed by atoms with van der Waals surface area (Å²) in [5, 5.41) is 0. The number of halogens is 1. The van der Waals surface area contributed by atoms with Crippen LogP contribution >= 0.6 is 0 Å². The Morgan fingerprint density at radius 3 is 2.92 bits per heavy atom. The van der Waals surface area contributed by atoms with Crippen molar-refractivity contribution in [1.82, 2.24) is 14.9 Å². The average Bonchev–Trinajstić information content (AvgIpc) is 3.37. The first-order chi connectivity index (χ1) is 12.7. The van der Waals surface area contributed by atoms with Gasteiger partial charge < -0.3 is 9.88 Å². The van der Waals surface area contributed by atoms with E-state index >= 15 is 0 Å². The maximum atomic E-state index is 13.4. The van der Waals surface area contributed by atoms with Gasteiger partial charge in [0.25, 0.3) is 5.91 Å². The van der Waals surface area contributed by atoms with Crippen molar-refractivity contribution in [2.24, 2.45) is 0 Å². The summed E-state index contributed by atoms with van der Waals surface area (Å²) in [5.41, 5.74) is 4.86.